The summed E-state index contributed by atoms with van der Waals surface area (Å²) in [6.07, 6.45) is 5.80. The number of carbonyl (C=O) groups excluding carboxylic acids is 2. The number of nitrogens with zero attached hydrogens (tertiary/aromatic N) is 1. The number of methoxy groups -OCH3 is 1. The van der Waals surface area contributed by atoms with Gasteiger partial charge in [0.1, 0.15) is 11.8 Å². The average molecular weight is 600 g/mol. The molecule has 0 aromatic heterocycles. The van der Waals surface area contributed by atoms with E-state index in [2.05, 4.69) is 5.32 Å². The first-order chi connectivity index (χ1) is 19.4. The molecule has 0 spiro atoms. The van der Waals surface area contributed by atoms with Crippen molar-refractivity contribution in [3.63, 3.8) is 0 Å². The van der Waals surface area contributed by atoms with Crippen LogP contribution in [0.4, 0.5) is 0 Å². The van der Waals surface area contributed by atoms with Crippen LogP contribution in [0.2, 0.25) is 10.0 Å². The Morgan fingerprint density at radius 3 is 2.33 bits per heavy atom. The fourth-order valence-electron chi connectivity index (χ4n) is 5.06. The molecule has 0 unspecified atom stereocenters. The van der Waals surface area contributed by atoms with Crippen molar-refractivity contribution in [3.8, 4) is 5.75 Å². The lowest BCUT2D eigenvalue weighted by Gasteiger charge is -2.33. The maximum absolute atomic E-state index is 13.9. The van der Waals surface area contributed by atoms with E-state index >= 15 is 0 Å². The van der Waals surface area contributed by atoms with Gasteiger partial charge in [0.2, 0.25) is 11.8 Å². The summed E-state index contributed by atoms with van der Waals surface area (Å²) in [5, 5.41) is 4.44. The Kier molecular flexibility index (Phi) is 11.6. The monoisotopic (exact) mass is 598 g/mol. The zero-order valence-corrected chi connectivity index (χ0v) is 25.1. The molecule has 3 aromatic carbocycles. The second-order valence-electron chi connectivity index (χ2n) is 10.1. The molecule has 1 aliphatic rings. The zero-order chi connectivity index (χ0) is 28.3. The molecule has 1 aliphatic carbocycles. The highest BCUT2D eigenvalue weighted by atomic mass is 35.5. The number of amides is 2. The summed E-state index contributed by atoms with van der Waals surface area (Å²) in [6.45, 7) is 0.291. The number of hydrogen-bond acceptors (Lipinski definition) is 4. The lowest BCUT2D eigenvalue weighted by atomic mass is 9.94. The molecule has 3 aromatic rings. The lowest BCUT2D eigenvalue weighted by Crippen LogP contribution is -2.53. The first-order valence-corrected chi connectivity index (χ1v) is 15.6. The van der Waals surface area contributed by atoms with Crippen LogP contribution in [0.15, 0.2) is 72.8 Å². The van der Waals surface area contributed by atoms with Crippen LogP contribution in [0.3, 0.4) is 0 Å². The van der Waals surface area contributed by atoms with Crippen molar-refractivity contribution in [2.45, 2.75) is 62.9 Å². The molecule has 0 bridgehead atoms. The van der Waals surface area contributed by atoms with E-state index in [9.17, 15) is 9.59 Å². The molecule has 5 nitrogen and oxygen atoms in total. The highest BCUT2D eigenvalue weighted by Crippen LogP contribution is 2.29. The maximum Gasteiger partial charge on any atom is 0.243 e. The third kappa shape index (κ3) is 8.66. The number of halogens is 2. The first kappa shape index (κ1) is 30.3. The molecule has 0 saturated heterocycles. The SMILES string of the molecule is COc1cccc(CN(C(=O)CSCc2c(Cl)cccc2Cl)[C@@H](Cc2ccccc2)C(=O)NC2CCCCC2)c1. The summed E-state index contributed by atoms with van der Waals surface area (Å²) in [6, 6.07) is 22.4. The molecule has 2 amide bonds. The summed E-state index contributed by atoms with van der Waals surface area (Å²) in [4.78, 5) is 29.5. The van der Waals surface area contributed by atoms with Crippen LogP contribution in [-0.2, 0) is 28.3 Å². The number of hydrogen-bond donors (Lipinski definition) is 1. The van der Waals surface area contributed by atoms with E-state index in [1.807, 2.05) is 54.6 Å². The number of nitrogens with one attached hydrogen (secondary N) is 1. The predicted molar refractivity (Wildman–Crippen MR) is 165 cm³/mol. The third-order valence-corrected chi connectivity index (χ3v) is 8.90. The molecule has 1 N–H and O–H groups in total. The highest BCUT2D eigenvalue weighted by molar-refractivity contribution is 7.99. The van der Waals surface area contributed by atoms with E-state index in [0.29, 0.717) is 34.5 Å². The first-order valence-electron chi connectivity index (χ1n) is 13.7. The van der Waals surface area contributed by atoms with Crippen molar-refractivity contribution >= 4 is 46.8 Å². The van der Waals surface area contributed by atoms with Gasteiger partial charge in [-0.2, -0.15) is 0 Å². The van der Waals surface area contributed by atoms with Crippen LogP contribution in [0.1, 0.15) is 48.8 Å². The van der Waals surface area contributed by atoms with Gasteiger partial charge in [-0.1, -0.05) is 91.0 Å². The molecule has 1 fully saturated rings. The van der Waals surface area contributed by atoms with Crippen molar-refractivity contribution in [3.05, 3.63) is 99.5 Å². The van der Waals surface area contributed by atoms with Gasteiger partial charge in [-0.25, -0.2) is 0 Å². The van der Waals surface area contributed by atoms with Gasteiger partial charge in [-0.3, -0.25) is 9.59 Å². The average Bonchev–Trinajstić information content (AvgIpc) is 2.97. The Bertz CT molecular complexity index is 1250. The largest absolute Gasteiger partial charge is 0.497 e. The van der Waals surface area contributed by atoms with Crippen LogP contribution >= 0.6 is 35.0 Å². The van der Waals surface area contributed by atoms with Crippen molar-refractivity contribution in [1.82, 2.24) is 10.2 Å². The molecule has 1 saturated carbocycles. The van der Waals surface area contributed by atoms with Gasteiger partial charge in [0.25, 0.3) is 0 Å². The molecule has 0 radical (unpaired) electrons. The molecular formula is C32H36Cl2N2O3S. The molecule has 212 valence electrons. The maximum atomic E-state index is 13.9. The Balaban J connectivity index is 1.59. The van der Waals surface area contributed by atoms with Gasteiger partial charge in [0.05, 0.1) is 12.9 Å². The standard InChI is InChI=1S/C32H36Cl2N2O3S/c1-39-26-15-8-12-24(18-26)20-36(31(37)22-40-21-27-28(33)16-9-17-29(27)34)30(19-23-10-4-2-5-11-23)32(38)35-25-13-6-3-7-14-25/h2,4-5,8-12,15-18,25,30H,3,6-7,13-14,19-22H2,1H3,(H,35,38)/t30-/m0/s1. The smallest absolute Gasteiger partial charge is 0.243 e. The van der Waals surface area contributed by atoms with Crippen LogP contribution < -0.4 is 10.1 Å². The fraction of sp³-hybridized carbons (Fsp3) is 0.375. The molecule has 4 rings (SSSR count). The summed E-state index contributed by atoms with van der Waals surface area (Å²) < 4.78 is 5.43. The van der Waals surface area contributed by atoms with Gasteiger partial charge < -0.3 is 15.0 Å². The molecule has 0 heterocycles. The summed E-state index contributed by atoms with van der Waals surface area (Å²) in [5.41, 5.74) is 2.71. The third-order valence-electron chi connectivity index (χ3n) is 7.24. The molecule has 1 atom stereocenters. The van der Waals surface area contributed by atoms with Gasteiger partial charge in [-0.15, -0.1) is 11.8 Å². The van der Waals surface area contributed by atoms with Crippen LogP contribution in [-0.4, -0.2) is 41.7 Å². The van der Waals surface area contributed by atoms with Crippen LogP contribution in [0.5, 0.6) is 5.75 Å². The highest BCUT2D eigenvalue weighted by Gasteiger charge is 2.32. The molecule has 0 aliphatic heterocycles. The number of thioether (sulfide) groups is 1. The Hall–Kier alpha value is -2.67. The normalized spacial score (nSPS) is 14.4. The van der Waals surface area contributed by atoms with Gasteiger partial charge in [0, 0.05) is 34.8 Å². The minimum Gasteiger partial charge on any atom is -0.497 e. The molecular weight excluding hydrogens is 563 g/mol. The van der Waals surface area contributed by atoms with Gasteiger partial charge in [0.15, 0.2) is 0 Å². The quantitative estimate of drug-likeness (QED) is 0.237. The lowest BCUT2D eigenvalue weighted by molar-refractivity contribution is -0.139. The number of rotatable bonds is 12. The summed E-state index contributed by atoms with van der Waals surface area (Å²) >= 11 is 14.2. The van der Waals surface area contributed by atoms with E-state index in [-0.39, 0.29) is 23.6 Å². The van der Waals surface area contributed by atoms with Gasteiger partial charge >= 0.3 is 0 Å². The second kappa shape index (κ2) is 15.4. The van der Waals surface area contributed by atoms with E-state index < -0.39 is 6.04 Å². The Labute approximate surface area is 251 Å². The molecule has 40 heavy (non-hydrogen) atoms. The Morgan fingerprint density at radius 1 is 0.950 bits per heavy atom. The summed E-state index contributed by atoms with van der Waals surface area (Å²) in [5.74, 6) is 1.17. The minimum absolute atomic E-state index is 0.105. The van der Waals surface area contributed by atoms with E-state index in [4.69, 9.17) is 27.9 Å². The number of ether oxygens (including phenoxy) is 1. The second-order valence-corrected chi connectivity index (χ2v) is 11.9. The van der Waals surface area contributed by atoms with E-state index in [1.54, 1.807) is 30.2 Å². The van der Waals surface area contributed by atoms with Crippen molar-refractivity contribution < 1.29 is 14.3 Å². The predicted octanol–water partition coefficient (Wildman–Crippen LogP) is 7.32. The topological polar surface area (TPSA) is 58.6 Å². The minimum atomic E-state index is -0.660. The van der Waals surface area contributed by atoms with Crippen molar-refractivity contribution in [2.75, 3.05) is 12.9 Å². The summed E-state index contributed by atoms with van der Waals surface area (Å²) in [7, 11) is 1.62. The van der Waals surface area contributed by atoms with Crippen molar-refractivity contribution in [1.29, 1.82) is 0 Å². The number of carbonyl (C=O) groups is 2. The Morgan fingerprint density at radius 2 is 1.62 bits per heavy atom. The van der Waals surface area contributed by atoms with E-state index in [0.717, 1.165) is 42.4 Å². The zero-order valence-electron chi connectivity index (χ0n) is 22.8. The molecule has 8 heteroatoms. The van der Waals surface area contributed by atoms with Crippen LogP contribution in [0.25, 0.3) is 0 Å². The van der Waals surface area contributed by atoms with Crippen molar-refractivity contribution in [2.24, 2.45) is 0 Å². The number of benzene rings is 3. The fourth-order valence-corrected chi connectivity index (χ4v) is 6.71. The van der Waals surface area contributed by atoms with E-state index in [1.165, 1.54) is 18.2 Å². The van der Waals surface area contributed by atoms with Gasteiger partial charge in [-0.05, 0) is 53.8 Å². The van der Waals surface area contributed by atoms with Crippen LogP contribution in [0, 0.1) is 0 Å².